The van der Waals surface area contributed by atoms with E-state index >= 15 is 0 Å². The average Bonchev–Trinajstić information content (AvgIpc) is 2.35. The van der Waals surface area contributed by atoms with Crippen LogP contribution in [0.4, 0.5) is 0 Å². The van der Waals surface area contributed by atoms with Crippen LogP contribution in [0.1, 0.15) is 27.7 Å². The van der Waals surface area contributed by atoms with E-state index in [1.165, 1.54) is 0 Å². The molecular formula is C8H19NO3. The summed E-state index contributed by atoms with van der Waals surface area (Å²) < 4.78 is 10.6. The van der Waals surface area contributed by atoms with Crippen molar-refractivity contribution in [3.8, 4) is 0 Å². The van der Waals surface area contributed by atoms with Gasteiger partial charge in [-0.25, -0.2) is 5.90 Å². The summed E-state index contributed by atoms with van der Waals surface area (Å²) in [5.74, 6) is 4.39. The van der Waals surface area contributed by atoms with E-state index in [1.54, 1.807) is 0 Å². The van der Waals surface area contributed by atoms with Crippen LogP contribution in [-0.4, -0.2) is 25.1 Å². The van der Waals surface area contributed by atoms with Gasteiger partial charge < -0.3 is 14.3 Å². The summed E-state index contributed by atoms with van der Waals surface area (Å²) in [6.07, 6.45) is -0.0139. The van der Waals surface area contributed by atoms with Gasteiger partial charge in [-0.05, 0) is 13.8 Å². The van der Waals surface area contributed by atoms with E-state index < -0.39 is 5.79 Å². The van der Waals surface area contributed by atoms with Crippen molar-refractivity contribution in [1.82, 2.24) is 0 Å². The van der Waals surface area contributed by atoms with Crippen molar-refractivity contribution in [3.63, 3.8) is 0 Å². The predicted molar refractivity (Wildman–Crippen MR) is 46.4 cm³/mol. The molecule has 0 unspecified atom stereocenters. The molecule has 4 heteroatoms. The van der Waals surface area contributed by atoms with Crippen LogP contribution in [0.15, 0.2) is 0 Å². The number of nitrogens with two attached hydrogens (primary N) is 1. The summed E-state index contributed by atoms with van der Waals surface area (Å²) >= 11 is 0. The average molecular weight is 177 g/mol. The summed E-state index contributed by atoms with van der Waals surface area (Å²) in [7, 11) is 0. The zero-order valence-electron chi connectivity index (χ0n) is 8.29. The Hall–Kier alpha value is -0.160. The Balaban J connectivity index is 0.000000561. The first-order valence-electron chi connectivity index (χ1n) is 4.27. The smallest absolute Gasteiger partial charge is 0.163 e. The molecule has 0 spiro atoms. The van der Waals surface area contributed by atoms with E-state index in [1.807, 2.05) is 27.7 Å². The molecular weight excluding hydrogens is 158 g/mol. The zero-order valence-corrected chi connectivity index (χ0v) is 8.29. The van der Waals surface area contributed by atoms with Gasteiger partial charge in [0.2, 0.25) is 0 Å². The van der Waals surface area contributed by atoms with Gasteiger partial charge in [0.25, 0.3) is 0 Å². The Labute approximate surface area is 73.9 Å². The van der Waals surface area contributed by atoms with Gasteiger partial charge in [0, 0.05) is 0 Å². The van der Waals surface area contributed by atoms with Crippen LogP contribution in [0, 0.1) is 0 Å². The molecule has 0 saturated carbocycles. The van der Waals surface area contributed by atoms with E-state index in [0.29, 0.717) is 13.2 Å². The van der Waals surface area contributed by atoms with Gasteiger partial charge in [0.05, 0.1) is 13.2 Å². The van der Waals surface area contributed by atoms with Crippen LogP contribution in [0.3, 0.4) is 0 Å². The highest BCUT2D eigenvalue weighted by atomic mass is 16.8. The normalized spacial score (nSPS) is 26.2. The van der Waals surface area contributed by atoms with Crippen molar-refractivity contribution in [2.45, 2.75) is 39.6 Å². The quantitative estimate of drug-likeness (QED) is 0.641. The Kier molecular flexibility index (Phi) is 5.41. The molecule has 2 N–H and O–H groups in total. The highest BCUT2D eigenvalue weighted by molar-refractivity contribution is 4.69. The van der Waals surface area contributed by atoms with E-state index in [0.717, 1.165) is 0 Å². The van der Waals surface area contributed by atoms with Crippen molar-refractivity contribution in [3.05, 3.63) is 0 Å². The summed E-state index contributed by atoms with van der Waals surface area (Å²) in [5, 5.41) is 0. The van der Waals surface area contributed by atoms with Gasteiger partial charge in [-0.3, -0.25) is 0 Å². The molecule has 1 fully saturated rings. The molecule has 0 aromatic heterocycles. The number of ether oxygens (including phenoxy) is 2. The van der Waals surface area contributed by atoms with E-state index in [2.05, 4.69) is 4.84 Å². The lowest BCUT2D eigenvalue weighted by Gasteiger charge is -2.16. The lowest BCUT2D eigenvalue weighted by molar-refractivity contribution is -0.145. The maximum absolute atomic E-state index is 5.36. The first-order valence-corrected chi connectivity index (χ1v) is 4.27. The molecule has 0 aromatic rings. The molecule has 0 aliphatic carbocycles. The number of hydrogen-bond acceptors (Lipinski definition) is 4. The maximum Gasteiger partial charge on any atom is 0.163 e. The first kappa shape index (κ1) is 11.8. The first-order chi connectivity index (χ1) is 5.64. The van der Waals surface area contributed by atoms with E-state index in [9.17, 15) is 0 Å². The minimum atomic E-state index is -0.469. The molecule has 0 bridgehead atoms. The summed E-state index contributed by atoms with van der Waals surface area (Å²) in [6.45, 7) is 8.68. The Bertz CT molecular complexity index is 117. The largest absolute Gasteiger partial charge is 0.348 e. The van der Waals surface area contributed by atoms with Crippen molar-refractivity contribution < 1.29 is 14.3 Å². The third kappa shape index (κ3) is 4.01. The van der Waals surface area contributed by atoms with E-state index in [-0.39, 0.29) is 6.10 Å². The fourth-order valence-electron chi connectivity index (χ4n) is 0.953. The van der Waals surface area contributed by atoms with Crippen molar-refractivity contribution in [2.24, 2.45) is 5.90 Å². The molecule has 1 heterocycles. The van der Waals surface area contributed by atoms with Gasteiger partial charge >= 0.3 is 0 Å². The lowest BCUT2D eigenvalue weighted by atomic mass is 10.4. The lowest BCUT2D eigenvalue weighted by Crippen LogP contribution is -2.25. The van der Waals surface area contributed by atoms with Gasteiger partial charge in [-0.2, -0.15) is 0 Å². The molecule has 0 amide bonds. The second-order valence-electron chi connectivity index (χ2n) is 2.78. The standard InChI is InChI=1S/C6H13NO3.C2H6/c1-6(2)8-3-5(10-6)4-9-7;1-2/h5H,3-4,7H2,1-2H3;1-2H3/t5-;/m1./s1. The molecule has 12 heavy (non-hydrogen) atoms. The van der Waals surface area contributed by atoms with Gasteiger partial charge in [0.1, 0.15) is 6.10 Å². The van der Waals surface area contributed by atoms with Crippen molar-refractivity contribution in [2.75, 3.05) is 13.2 Å². The minimum absolute atomic E-state index is 0.0139. The van der Waals surface area contributed by atoms with Crippen LogP contribution >= 0.6 is 0 Å². The summed E-state index contributed by atoms with van der Waals surface area (Å²) in [5.41, 5.74) is 0. The third-order valence-corrected chi connectivity index (χ3v) is 1.35. The molecule has 74 valence electrons. The molecule has 1 rings (SSSR count). The molecule has 4 nitrogen and oxygen atoms in total. The second kappa shape index (κ2) is 5.48. The fraction of sp³-hybridized carbons (Fsp3) is 1.00. The maximum atomic E-state index is 5.36. The topological polar surface area (TPSA) is 53.7 Å². The van der Waals surface area contributed by atoms with Crippen LogP contribution in [0.2, 0.25) is 0 Å². The second-order valence-corrected chi connectivity index (χ2v) is 2.78. The molecule has 1 aliphatic rings. The monoisotopic (exact) mass is 177 g/mol. The van der Waals surface area contributed by atoms with Gasteiger partial charge in [-0.15, -0.1) is 0 Å². The molecule has 0 radical (unpaired) electrons. The molecule has 1 aliphatic heterocycles. The Morgan fingerprint density at radius 1 is 1.50 bits per heavy atom. The Morgan fingerprint density at radius 3 is 2.42 bits per heavy atom. The van der Waals surface area contributed by atoms with Crippen LogP contribution in [-0.2, 0) is 14.3 Å². The summed E-state index contributed by atoms with van der Waals surface area (Å²) in [6, 6.07) is 0. The molecule has 1 saturated heterocycles. The SMILES string of the molecule is CC.CC1(C)OC[C@H](CON)O1. The van der Waals surface area contributed by atoms with Crippen LogP contribution < -0.4 is 5.90 Å². The van der Waals surface area contributed by atoms with Crippen molar-refractivity contribution in [1.29, 1.82) is 0 Å². The van der Waals surface area contributed by atoms with Gasteiger partial charge in [0.15, 0.2) is 5.79 Å². The predicted octanol–water partition coefficient (Wildman–Crippen LogP) is 1.05. The molecule has 0 aromatic carbocycles. The summed E-state index contributed by atoms with van der Waals surface area (Å²) in [4.78, 5) is 4.41. The van der Waals surface area contributed by atoms with Crippen LogP contribution in [0.25, 0.3) is 0 Å². The van der Waals surface area contributed by atoms with Gasteiger partial charge in [-0.1, -0.05) is 13.8 Å². The van der Waals surface area contributed by atoms with Crippen LogP contribution in [0.5, 0.6) is 0 Å². The van der Waals surface area contributed by atoms with E-state index in [4.69, 9.17) is 15.4 Å². The number of hydrogen-bond donors (Lipinski definition) is 1. The Morgan fingerprint density at radius 2 is 2.08 bits per heavy atom. The zero-order chi connectivity index (χ0) is 9.61. The minimum Gasteiger partial charge on any atom is -0.348 e. The number of rotatable bonds is 2. The van der Waals surface area contributed by atoms with Crippen molar-refractivity contribution >= 4 is 0 Å². The highest BCUT2D eigenvalue weighted by Gasteiger charge is 2.32. The third-order valence-electron chi connectivity index (χ3n) is 1.35. The molecule has 1 atom stereocenters. The fourth-order valence-corrected chi connectivity index (χ4v) is 0.953. The highest BCUT2D eigenvalue weighted by Crippen LogP contribution is 2.21.